The first-order valence-corrected chi connectivity index (χ1v) is 7.33. The summed E-state index contributed by atoms with van der Waals surface area (Å²) in [5.74, 6) is 0. The molecule has 2 unspecified atom stereocenters. The second-order valence-electron chi connectivity index (χ2n) is 4.53. The zero-order valence-corrected chi connectivity index (χ0v) is 12.6. The molecule has 0 aromatic heterocycles. The van der Waals surface area contributed by atoms with Crippen LogP contribution in [-0.4, -0.2) is 13.2 Å². The van der Waals surface area contributed by atoms with E-state index in [1.165, 1.54) is 0 Å². The van der Waals surface area contributed by atoms with Gasteiger partial charge in [0.25, 0.3) is 0 Å². The standard InChI is InChI=1S/C18H22O3/c1-3-19-17(15-11-7-5-8-12-15)21-18(20-4-2)16-13-9-6-10-14-16/h5-14,17-18H,3-4H2,1-2H3. The lowest BCUT2D eigenvalue weighted by atomic mass is 10.2. The van der Waals surface area contributed by atoms with E-state index in [0.717, 1.165) is 11.1 Å². The Balaban J connectivity index is 2.16. The van der Waals surface area contributed by atoms with Crippen molar-refractivity contribution in [1.82, 2.24) is 0 Å². The molecule has 0 bridgehead atoms. The van der Waals surface area contributed by atoms with Gasteiger partial charge in [0.15, 0.2) is 12.6 Å². The Hall–Kier alpha value is -1.68. The fourth-order valence-corrected chi connectivity index (χ4v) is 2.06. The molecule has 3 nitrogen and oxygen atoms in total. The Bertz CT molecular complexity index is 451. The Morgan fingerprint density at radius 2 is 1.05 bits per heavy atom. The smallest absolute Gasteiger partial charge is 0.187 e. The van der Waals surface area contributed by atoms with Crippen molar-refractivity contribution in [2.45, 2.75) is 26.4 Å². The third kappa shape index (κ3) is 4.67. The molecular formula is C18H22O3. The van der Waals surface area contributed by atoms with Crippen LogP contribution in [0.1, 0.15) is 37.6 Å². The maximum absolute atomic E-state index is 6.06. The number of ether oxygens (including phenoxy) is 3. The lowest BCUT2D eigenvalue weighted by Gasteiger charge is -2.25. The van der Waals surface area contributed by atoms with Gasteiger partial charge < -0.3 is 14.2 Å². The minimum Gasteiger partial charge on any atom is -0.349 e. The van der Waals surface area contributed by atoms with E-state index in [-0.39, 0.29) is 0 Å². The molecule has 0 aliphatic heterocycles. The zero-order chi connectivity index (χ0) is 14.9. The van der Waals surface area contributed by atoms with Crippen molar-refractivity contribution in [1.29, 1.82) is 0 Å². The van der Waals surface area contributed by atoms with Crippen LogP contribution >= 0.6 is 0 Å². The van der Waals surface area contributed by atoms with Crippen molar-refractivity contribution in [3.05, 3.63) is 71.8 Å². The quantitative estimate of drug-likeness (QED) is 0.670. The lowest BCUT2D eigenvalue weighted by molar-refractivity contribution is -0.251. The molecule has 0 saturated carbocycles. The third-order valence-electron chi connectivity index (χ3n) is 3.03. The van der Waals surface area contributed by atoms with Gasteiger partial charge in [-0.25, -0.2) is 0 Å². The summed E-state index contributed by atoms with van der Waals surface area (Å²) in [6.07, 6.45) is -0.874. The monoisotopic (exact) mass is 286 g/mol. The summed E-state index contributed by atoms with van der Waals surface area (Å²) in [6, 6.07) is 19.8. The molecule has 0 heterocycles. The zero-order valence-electron chi connectivity index (χ0n) is 12.6. The van der Waals surface area contributed by atoms with Gasteiger partial charge in [0.05, 0.1) is 0 Å². The Morgan fingerprint density at radius 3 is 1.38 bits per heavy atom. The summed E-state index contributed by atoms with van der Waals surface area (Å²) in [5, 5.41) is 0. The largest absolute Gasteiger partial charge is 0.349 e. The van der Waals surface area contributed by atoms with E-state index in [2.05, 4.69) is 0 Å². The SMILES string of the molecule is CCOC(OC(OCC)c1ccccc1)c1ccccc1. The van der Waals surface area contributed by atoms with Crippen molar-refractivity contribution in [2.75, 3.05) is 13.2 Å². The predicted molar refractivity (Wildman–Crippen MR) is 82.7 cm³/mol. The van der Waals surface area contributed by atoms with E-state index in [0.29, 0.717) is 13.2 Å². The first-order valence-electron chi connectivity index (χ1n) is 7.33. The molecule has 21 heavy (non-hydrogen) atoms. The lowest BCUT2D eigenvalue weighted by Crippen LogP contribution is -2.16. The highest BCUT2D eigenvalue weighted by atomic mass is 16.8. The van der Waals surface area contributed by atoms with E-state index >= 15 is 0 Å². The highest BCUT2D eigenvalue weighted by molar-refractivity contribution is 5.18. The summed E-state index contributed by atoms with van der Waals surface area (Å²) >= 11 is 0. The third-order valence-corrected chi connectivity index (χ3v) is 3.03. The maximum atomic E-state index is 6.06. The van der Waals surface area contributed by atoms with Gasteiger partial charge >= 0.3 is 0 Å². The molecule has 0 spiro atoms. The van der Waals surface area contributed by atoms with Gasteiger partial charge in [-0.3, -0.25) is 0 Å². The minimum absolute atomic E-state index is 0.437. The van der Waals surface area contributed by atoms with Crippen LogP contribution in [0.2, 0.25) is 0 Å². The summed E-state index contributed by atoms with van der Waals surface area (Å²) in [7, 11) is 0. The highest BCUT2D eigenvalue weighted by Crippen LogP contribution is 2.28. The number of hydrogen-bond donors (Lipinski definition) is 0. The van der Waals surface area contributed by atoms with Crippen LogP contribution < -0.4 is 0 Å². The second kappa shape index (κ2) is 8.57. The number of rotatable bonds is 8. The summed E-state index contributed by atoms with van der Waals surface area (Å²) < 4.78 is 17.5. The Kier molecular flexibility index (Phi) is 6.41. The fourth-order valence-electron chi connectivity index (χ4n) is 2.06. The second-order valence-corrected chi connectivity index (χ2v) is 4.53. The molecule has 2 atom stereocenters. The van der Waals surface area contributed by atoms with Crippen LogP contribution in [0.4, 0.5) is 0 Å². The van der Waals surface area contributed by atoms with E-state index in [4.69, 9.17) is 14.2 Å². The van der Waals surface area contributed by atoms with Gasteiger partial charge in [0, 0.05) is 24.3 Å². The Labute approximate surface area is 126 Å². The van der Waals surface area contributed by atoms with Crippen molar-refractivity contribution >= 4 is 0 Å². The predicted octanol–water partition coefficient (Wildman–Crippen LogP) is 4.47. The number of hydrogen-bond acceptors (Lipinski definition) is 3. The van der Waals surface area contributed by atoms with Crippen molar-refractivity contribution in [3.63, 3.8) is 0 Å². The van der Waals surface area contributed by atoms with Crippen molar-refractivity contribution in [3.8, 4) is 0 Å². The maximum Gasteiger partial charge on any atom is 0.187 e. The molecule has 2 aromatic rings. The van der Waals surface area contributed by atoms with Crippen molar-refractivity contribution < 1.29 is 14.2 Å². The van der Waals surface area contributed by atoms with Gasteiger partial charge in [-0.1, -0.05) is 60.7 Å². The van der Waals surface area contributed by atoms with Gasteiger partial charge in [0.2, 0.25) is 0 Å². The minimum atomic E-state index is -0.437. The summed E-state index contributed by atoms with van der Waals surface area (Å²) in [6.45, 7) is 5.06. The highest BCUT2D eigenvalue weighted by Gasteiger charge is 2.20. The summed E-state index contributed by atoms with van der Waals surface area (Å²) in [5.41, 5.74) is 1.97. The van der Waals surface area contributed by atoms with Crippen LogP contribution in [0.5, 0.6) is 0 Å². The molecular weight excluding hydrogens is 264 g/mol. The van der Waals surface area contributed by atoms with Crippen LogP contribution in [0.15, 0.2) is 60.7 Å². The van der Waals surface area contributed by atoms with E-state index in [9.17, 15) is 0 Å². The molecule has 0 N–H and O–H groups in total. The molecule has 0 aliphatic carbocycles. The van der Waals surface area contributed by atoms with Crippen molar-refractivity contribution in [2.24, 2.45) is 0 Å². The average Bonchev–Trinajstić information content (AvgIpc) is 2.55. The topological polar surface area (TPSA) is 27.7 Å². The first-order chi connectivity index (χ1) is 10.3. The van der Waals surface area contributed by atoms with Crippen LogP contribution in [0.3, 0.4) is 0 Å². The number of benzene rings is 2. The molecule has 2 rings (SSSR count). The van der Waals surface area contributed by atoms with E-state index in [1.54, 1.807) is 0 Å². The van der Waals surface area contributed by atoms with Crippen LogP contribution in [0, 0.1) is 0 Å². The molecule has 3 heteroatoms. The fraction of sp³-hybridized carbons (Fsp3) is 0.333. The molecule has 0 aliphatic rings. The van der Waals surface area contributed by atoms with Gasteiger partial charge in [0.1, 0.15) is 0 Å². The molecule has 0 fully saturated rings. The molecule has 2 aromatic carbocycles. The van der Waals surface area contributed by atoms with E-state index in [1.807, 2.05) is 74.5 Å². The van der Waals surface area contributed by atoms with Crippen LogP contribution in [-0.2, 0) is 14.2 Å². The van der Waals surface area contributed by atoms with Gasteiger partial charge in [-0.15, -0.1) is 0 Å². The molecule has 112 valence electrons. The van der Waals surface area contributed by atoms with Crippen LogP contribution in [0.25, 0.3) is 0 Å². The van der Waals surface area contributed by atoms with Gasteiger partial charge in [-0.2, -0.15) is 0 Å². The Morgan fingerprint density at radius 1 is 0.667 bits per heavy atom. The van der Waals surface area contributed by atoms with Gasteiger partial charge in [-0.05, 0) is 13.8 Å². The molecule has 0 saturated heterocycles. The molecule has 0 amide bonds. The van der Waals surface area contributed by atoms with E-state index < -0.39 is 12.6 Å². The molecule has 0 radical (unpaired) electrons. The first kappa shape index (κ1) is 15.7. The normalized spacial score (nSPS) is 13.8. The average molecular weight is 286 g/mol. The summed E-state index contributed by atoms with van der Waals surface area (Å²) in [4.78, 5) is 0.